The molecule has 29 heavy (non-hydrogen) atoms. The summed E-state index contributed by atoms with van der Waals surface area (Å²) >= 11 is 13.8. The van der Waals surface area contributed by atoms with E-state index < -0.39 is 5.97 Å². The topological polar surface area (TPSA) is 55.8 Å². The normalized spacial score (nSPS) is 15.4. The number of halogens is 2. The smallest absolute Gasteiger partial charge is 0.350 e. The first-order valence-corrected chi connectivity index (χ1v) is 10.5. The molecule has 0 aliphatic carbocycles. The Morgan fingerprint density at radius 2 is 1.93 bits per heavy atom. The summed E-state index contributed by atoms with van der Waals surface area (Å²) in [6.07, 6.45) is 0.776. The zero-order valence-corrected chi connectivity index (χ0v) is 18.0. The number of ether oxygens (including phenoxy) is 2. The lowest BCUT2D eigenvalue weighted by Crippen LogP contribution is -2.38. The lowest BCUT2D eigenvalue weighted by atomic mass is 10.1. The Bertz CT molecular complexity index is 1130. The van der Waals surface area contributed by atoms with Crippen molar-refractivity contribution in [3.05, 3.63) is 56.9 Å². The monoisotopic (exact) mass is 449 g/mol. The number of hydrogen-bond acceptors (Lipinski definition) is 5. The summed E-state index contributed by atoms with van der Waals surface area (Å²) in [6, 6.07) is 11.2. The van der Waals surface area contributed by atoms with Crippen LogP contribution in [0.1, 0.15) is 22.2 Å². The number of anilines is 1. The van der Waals surface area contributed by atoms with Crippen LogP contribution in [0.15, 0.2) is 36.4 Å². The van der Waals surface area contributed by atoms with Crippen LogP contribution in [0, 0.1) is 0 Å². The van der Waals surface area contributed by atoms with Crippen LogP contribution >= 0.6 is 34.5 Å². The molecule has 1 unspecified atom stereocenters. The van der Waals surface area contributed by atoms with Crippen molar-refractivity contribution in [1.82, 2.24) is 0 Å². The van der Waals surface area contributed by atoms with Gasteiger partial charge in [0.25, 0.3) is 5.91 Å². The van der Waals surface area contributed by atoms with Gasteiger partial charge in [-0.1, -0.05) is 41.4 Å². The van der Waals surface area contributed by atoms with Crippen LogP contribution in [-0.2, 0) is 16.0 Å². The van der Waals surface area contributed by atoms with Gasteiger partial charge in [-0.2, -0.15) is 0 Å². The molecule has 2 aromatic carbocycles. The van der Waals surface area contributed by atoms with Crippen molar-refractivity contribution in [2.24, 2.45) is 0 Å². The van der Waals surface area contributed by atoms with Gasteiger partial charge in [0.15, 0.2) is 6.61 Å². The summed E-state index contributed by atoms with van der Waals surface area (Å²) in [6.45, 7) is 1.61. The molecule has 150 valence electrons. The minimum absolute atomic E-state index is 0.0118. The van der Waals surface area contributed by atoms with Crippen LogP contribution in [0.3, 0.4) is 0 Å². The summed E-state index contributed by atoms with van der Waals surface area (Å²) < 4.78 is 11.1. The van der Waals surface area contributed by atoms with E-state index in [2.05, 4.69) is 0 Å². The maximum absolute atomic E-state index is 12.7. The van der Waals surface area contributed by atoms with E-state index in [1.807, 2.05) is 31.2 Å². The van der Waals surface area contributed by atoms with Gasteiger partial charge in [-0.05, 0) is 37.1 Å². The number of esters is 1. The van der Waals surface area contributed by atoms with Crippen molar-refractivity contribution in [3.63, 3.8) is 0 Å². The second-order valence-electron chi connectivity index (χ2n) is 6.73. The number of fused-ring (bicyclic) bond motifs is 2. The fourth-order valence-corrected chi connectivity index (χ4v) is 5.36. The number of hydrogen-bond donors (Lipinski definition) is 0. The standard InChI is InChI=1S/C21H17Cl2NO4S/c1-11-9-12-5-3-4-6-14(12)24(11)16(25)10-28-21(26)20-17(22)13-7-8-15(27-2)18(23)19(13)29-20/h3-8,11H,9-10H2,1-2H3. The van der Waals surface area contributed by atoms with Crippen molar-refractivity contribution in [2.75, 3.05) is 18.6 Å². The molecule has 4 rings (SSSR count). The Kier molecular flexibility index (Phi) is 5.42. The van der Waals surface area contributed by atoms with E-state index >= 15 is 0 Å². The van der Waals surface area contributed by atoms with Crippen molar-refractivity contribution < 1.29 is 19.1 Å². The number of nitrogens with zero attached hydrogens (tertiary/aromatic N) is 1. The van der Waals surface area contributed by atoms with E-state index in [0.717, 1.165) is 29.0 Å². The first kappa shape index (κ1) is 20.0. The predicted octanol–water partition coefficient (Wildman–Crippen LogP) is 5.35. The van der Waals surface area contributed by atoms with Gasteiger partial charge in [-0.15, -0.1) is 11.3 Å². The number of para-hydroxylation sites is 1. The number of rotatable bonds is 4. The molecule has 2 heterocycles. The highest BCUT2D eigenvalue weighted by atomic mass is 35.5. The second-order valence-corrected chi connectivity index (χ2v) is 8.50. The van der Waals surface area contributed by atoms with Crippen molar-refractivity contribution >= 4 is 62.2 Å². The number of benzene rings is 2. The average Bonchev–Trinajstić information content (AvgIpc) is 3.23. The van der Waals surface area contributed by atoms with Crippen molar-refractivity contribution in [3.8, 4) is 5.75 Å². The second kappa shape index (κ2) is 7.86. The molecule has 0 radical (unpaired) electrons. The third-order valence-electron chi connectivity index (χ3n) is 4.91. The van der Waals surface area contributed by atoms with Gasteiger partial charge in [0.05, 0.1) is 16.8 Å². The Morgan fingerprint density at radius 1 is 1.17 bits per heavy atom. The summed E-state index contributed by atoms with van der Waals surface area (Å²) in [7, 11) is 1.51. The summed E-state index contributed by atoms with van der Waals surface area (Å²) in [4.78, 5) is 27.2. The van der Waals surface area contributed by atoms with Crippen LogP contribution in [0.4, 0.5) is 5.69 Å². The van der Waals surface area contributed by atoms with Gasteiger partial charge in [0.2, 0.25) is 0 Å². The minimum atomic E-state index is -0.653. The van der Waals surface area contributed by atoms with Gasteiger partial charge in [0.1, 0.15) is 15.6 Å². The van der Waals surface area contributed by atoms with Crippen molar-refractivity contribution in [2.45, 2.75) is 19.4 Å². The Hall–Kier alpha value is -2.28. The molecule has 8 heteroatoms. The molecule has 1 aliphatic heterocycles. The van der Waals surface area contributed by atoms with E-state index in [9.17, 15) is 9.59 Å². The van der Waals surface area contributed by atoms with Crippen LogP contribution in [0.2, 0.25) is 10.0 Å². The third kappa shape index (κ3) is 3.45. The fraction of sp³-hybridized carbons (Fsp3) is 0.238. The van der Waals surface area contributed by atoms with Gasteiger partial charge < -0.3 is 14.4 Å². The summed E-state index contributed by atoms with van der Waals surface area (Å²) in [5, 5.41) is 1.28. The molecule has 0 saturated heterocycles. The van der Waals surface area contributed by atoms with Gasteiger partial charge in [-0.25, -0.2) is 4.79 Å². The highest BCUT2D eigenvalue weighted by molar-refractivity contribution is 7.22. The molecule has 0 fully saturated rings. The molecule has 3 aromatic rings. The molecule has 1 atom stereocenters. The Labute approximate surface area is 181 Å². The Morgan fingerprint density at radius 3 is 2.69 bits per heavy atom. The summed E-state index contributed by atoms with van der Waals surface area (Å²) in [5.41, 5.74) is 1.97. The molecule has 1 amide bonds. The summed E-state index contributed by atoms with van der Waals surface area (Å²) in [5.74, 6) is -0.429. The average molecular weight is 450 g/mol. The third-order valence-corrected chi connectivity index (χ3v) is 7.10. The van der Waals surface area contributed by atoms with Crippen LogP contribution in [0.25, 0.3) is 10.1 Å². The molecular weight excluding hydrogens is 433 g/mol. The molecule has 0 saturated carbocycles. The maximum atomic E-state index is 12.7. The van der Waals surface area contributed by atoms with E-state index in [1.54, 1.807) is 17.0 Å². The molecule has 1 aliphatic rings. The first-order chi connectivity index (χ1) is 13.9. The maximum Gasteiger partial charge on any atom is 0.350 e. The molecule has 0 spiro atoms. The SMILES string of the molecule is COc1ccc2c(Cl)c(C(=O)OCC(=O)N3c4ccccc4CC3C)sc2c1Cl. The minimum Gasteiger partial charge on any atom is -0.495 e. The van der Waals surface area contributed by atoms with Gasteiger partial charge in [-0.3, -0.25) is 4.79 Å². The van der Waals surface area contributed by atoms with E-state index in [1.165, 1.54) is 7.11 Å². The lowest BCUT2D eigenvalue weighted by Gasteiger charge is -2.22. The lowest BCUT2D eigenvalue weighted by molar-refractivity contribution is -0.122. The quantitative estimate of drug-likeness (QED) is 0.503. The molecule has 0 N–H and O–H groups in total. The molecule has 0 bridgehead atoms. The number of methoxy groups -OCH3 is 1. The Balaban J connectivity index is 1.52. The van der Waals surface area contributed by atoms with Gasteiger partial charge >= 0.3 is 5.97 Å². The molecule has 1 aromatic heterocycles. The van der Waals surface area contributed by atoms with E-state index in [0.29, 0.717) is 20.9 Å². The fourth-order valence-electron chi connectivity index (χ4n) is 3.58. The number of amides is 1. The number of thiophene rings is 1. The zero-order chi connectivity index (χ0) is 20.7. The van der Waals surface area contributed by atoms with Crippen LogP contribution in [0.5, 0.6) is 5.75 Å². The first-order valence-electron chi connectivity index (χ1n) is 8.94. The van der Waals surface area contributed by atoms with E-state index in [4.69, 9.17) is 32.7 Å². The largest absolute Gasteiger partial charge is 0.495 e. The van der Waals surface area contributed by atoms with Gasteiger partial charge in [0, 0.05) is 17.1 Å². The molecule has 5 nitrogen and oxygen atoms in total. The zero-order valence-electron chi connectivity index (χ0n) is 15.7. The van der Waals surface area contributed by atoms with E-state index in [-0.39, 0.29) is 28.5 Å². The highest BCUT2D eigenvalue weighted by Gasteiger charge is 2.31. The van der Waals surface area contributed by atoms with Crippen molar-refractivity contribution in [1.29, 1.82) is 0 Å². The predicted molar refractivity (Wildman–Crippen MR) is 116 cm³/mol. The van der Waals surface area contributed by atoms with Crippen LogP contribution in [-0.4, -0.2) is 31.6 Å². The van der Waals surface area contributed by atoms with Crippen LogP contribution < -0.4 is 9.64 Å². The molecular formula is C21H17Cl2NO4S. The number of carbonyl (C=O) groups is 2. The highest BCUT2D eigenvalue weighted by Crippen LogP contribution is 2.43. The number of carbonyl (C=O) groups excluding carboxylic acids is 2.